The van der Waals surface area contributed by atoms with Crippen LogP contribution in [-0.2, 0) is 0 Å². The normalized spacial score (nSPS) is 10.7. The van der Waals surface area contributed by atoms with E-state index in [4.69, 9.17) is 16.3 Å². The fourth-order valence-corrected chi connectivity index (χ4v) is 2.56. The minimum Gasteiger partial charge on any atom is -0.495 e. The third kappa shape index (κ3) is 5.61. The Morgan fingerprint density at radius 3 is 2.77 bits per heavy atom. The van der Waals surface area contributed by atoms with Gasteiger partial charge in [-0.1, -0.05) is 11.6 Å². The third-order valence-corrected chi connectivity index (χ3v) is 4.25. The summed E-state index contributed by atoms with van der Waals surface area (Å²) in [5, 5.41) is 6.70. The number of hydrogen-bond acceptors (Lipinski definition) is 5. The van der Waals surface area contributed by atoms with Crippen molar-refractivity contribution in [1.82, 2.24) is 9.88 Å². The van der Waals surface area contributed by atoms with Gasteiger partial charge in [0.05, 0.1) is 12.8 Å². The Morgan fingerprint density at radius 2 is 2.08 bits per heavy atom. The van der Waals surface area contributed by atoms with Gasteiger partial charge in [0.25, 0.3) is 5.91 Å². The van der Waals surface area contributed by atoms with E-state index in [1.807, 2.05) is 21.0 Å². The predicted molar refractivity (Wildman–Crippen MR) is 107 cm³/mol. The van der Waals surface area contributed by atoms with Crippen LogP contribution in [0.2, 0.25) is 5.02 Å². The van der Waals surface area contributed by atoms with Gasteiger partial charge in [0.2, 0.25) is 0 Å². The zero-order valence-corrected chi connectivity index (χ0v) is 16.4. The molecule has 0 unspecified atom stereocenters. The minimum atomic E-state index is -0.233. The van der Waals surface area contributed by atoms with Crippen molar-refractivity contribution >= 4 is 29.0 Å². The first-order valence-electron chi connectivity index (χ1n) is 8.41. The van der Waals surface area contributed by atoms with Crippen LogP contribution >= 0.6 is 11.6 Å². The quantitative estimate of drug-likeness (QED) is 0.688. The Hall–Kier alpha value is -2.31. The maximum Gasteiger partial charge on any atom is 0.255 e. The maximum absolute atomic E-state index is 12.6. The van der Waals surface area contributed by atoms with Crippen LogP contribution in [0.3, 0.4) is 0 Å². The summed E-state index contributed by atoms with van der Waals surface area (Å²) in [5.41, 5.74) is 1.96. The van der Waals surface area contributed by atoms with Gasteiger partial charge in [-0.05, 0) is 57.7 Å². The van der Waals surface area contributed by atoms with Gasteiger partial charge in [-0.3, -0.25) is 4.79 Å². The molecule has 0 fully saturated rings. The first-order valence-corrected chi connectivity index (χ1v) is 8.78. The number of benzene rings is 1. The molecule has 2 rings (SSSR count). The molecule has 2 N–H and O–H groups in total. The molecule has 0 saturated heterocycles. The van der Waals surface area contributed by atoms with E-state index in [1.165, 1.54) is 0 Å². The van der Waals surface area contributed by atoms with Crippen LogP contribution in [-0.4, -0.2) is 50.1 Å². The van der Waals surface area contributed by atoms with E-state index >= 15 is 0 Å². The van der Waals surface area contributed by atoms with Crippen LogP contribution in [0.25, 0.3) is 0 Å². The number of nitrogens with zero attached hydrogens (tertiary/aromatic N) is 2. The van der Waals surface area contributed by atoms with E-state index < -0.39 is 0 Å². The molecule has 0 aliphatic rings. The number of carbonyl (C=O) groups excluding carboxylic acids is 1. The Morgan fingerprint density at radius 1 is 1.31 bits per heavy atom. The first kappa shape index (κ1) is 20.0. The number of anilines is 2. The molecule has 7 heteroatoms. The highest BCUT2D eigenvalue weighted by atomic mass is 35.5. The molecule has 140 valence electrons. The number of aryl methyl sites for hydroxylation is 1. The van der Waals surface area contributed by atoms with Gasteiger partial charge in [0, 0.05) is 29.4 Å². The van der Waals surface area contributed by atoms with Crippen molar-refractivity contribution in [3.8, 4) is 5.75 Å². The van der Waals surface area contributed by atoms with E-state index in [1.54, 1.807) is 37.6 Å². The lowest BCUT2D eigenvalue weighted by Crippen LogP contribution is -2.17. The number of amides is 1. The Bertz CT molecular complexity index is 765. The van der Waals surface area contributed by atoms with Crippen molar-refractivity contribution in [3.63, 3.8) is 0 Å². The SMILES string of the molecule is COc1cc(Cl)c(C)cc1NC(=O)c1ccnc(NCCCN(C)C)c1. The number of hydrogen-bond donors (Lipinski definition) is 2. The molecule has 0 aliphatic carbocycles. The number of halogens is 1. The molecule has 0 aliphatic heterocycles. The fraction of sp³-hybridized carbons (Fsp3) is 0.368. The van der Waals surface area contributed by atoms with Gasteiger partial charge in [-0.15, -0.1) is 0 Å². The molecule has 0 saturated carbocycles. The van der Waals surface area contributed by atoms with Crippen LogP contribution < -0.4 is 15.4 Å². The summed E-state index contributed by atoms with van der Waals surface area (Å²) in [6.07, 6.45) is 2.61. The van der Waals surface area contributed by atoms with Gasteiger partial charge in [0.1, 0.15) is 11.6 Å². The van der Waals surface area contributed by atoms with Crippen molar-refractivity contribution in [1.29, 1.82) is 0 Å². The van der Waals surface area contributed by atoms with Crippen LogP contribution in [0.15, 0.2) is 30.5 Å². The summed E-state index contributed by atoms with van der Waals surface area (Å²) >= 11 is 6.11. The van der Waals surface area contributed by atoms with Gasteiger partial charge in [-0.2, -0.15) is 0 Å². The van der Waals surface area contributed by atoms with Gasteiger partial charge in [0.15, 0.2) is 0 Å². The van der Waals surface area contributed by atoms with Crippen LogP contribution in [0.5, 0.6) is 5.75 Å². The number of carbonyl (C=O) groups is 1. The van der Waals surface area contributed by atoms with Gasteiger partial charge in [-0.25, -0.2) is 4.98 Å². The number of rotatable bonds is 8. The molecule has 1 aromatic carbocycles. The topological polar surface area (TPSA) is 66.5 Å². The molecule has 0 radical (unpaired) electrons. The molecule has 2 aromatic rings. The molecule has 1 aromatic heterocycles. The monoisotopic (exact) mass is 376 g/mol. The average Bonchev–Trinajstić information content (AvgIpc) is 2.61. The molecule has 0 bridgehead atoms. The van der Waals surface area contributed by atoms with Crippen LogP contribution in [0, 0.1) is 6.92 Å². The zero-order chi connectivity index (χ0) is 19.1. The number of nitrogens with one attached hydrogen (secondary N) is 2. The molecule has 0 spiro atoms. The second kappa shape index (κ2) is 9.40. The van der Waals surface area contributed by atoms with Crippen LogP contribution in [0.4, 0.5) is 11.5 Å². The molecular weight excluding hydrogens is 352 g/mol. The summed E-state index contributed by atoms with van der Waals surface area (Å²) in [4.78, 5) is 19.0. The summed E-state index contributed by atoms with van der Waals surface area (Å²) in [6.45, 7) is 3.66. The Kier molecular flexibility index (Phi) is 7.24. The van der Waals surface area contributed by atoms with Crippen molar-refractivity contribution in [2.24, 2.45) is 0 Å². The highest BCUT2D eigenvalue weighted by molar-refractivity contribution is 6.31. The maximum atomic E-state index is 12.6. The van der Waals surface area contributed by atoms with Gasteiger partial charge < -0.3 is 20.3 Å². The number of ether oxygens (including phenoxy) is 1. The molecule has 26 heavy (non-hydrogen) atoms. The van der Waals surface area contributed by atoms with Crippen molar-refractivity contribution in [3.05, 3.63) is 46.6 Å². The fourth-order valence-electron chi connectivity index (χ4n) is 2.40. The van der Waals surface area contributed by atoms with Gasteiger partial charge >= 0.3 is 0 Å². The van der Waals surface area contributed by atoms with E-state index in [0.717, 1.165) is 25.1 Å². The molecule has 0 atom stereocenters. The molecular formula is C19H25ClN4O2. The molecule has 6 nitrogen and oxygen atoms in total. The standard InChI is InChI=1S/C19H25ClN4O2/c1-13-10-16(17(26-4)12-15(13)20)23-19(25)14-6-8-22-18(11-14)21-7-5-9-24(2)3/h6,8,10-12H,5,7,9H2,1-4H3,(H,21,22)(H,23,25). The second-order valence-electron chi connectivity index (χ2n) is 6.27. The largest absolute Gasteiger partial charge is 0.495 e. The third-order valence-electron chi connectivity index (χ3n) is 3.84. The lowest BCUT2D eigenvalue weighted by molar-refractivity contribution is 0.102. The number of methoxy groups -OCH3 is 1. The first-order chi connectivity index (χ1) is 12.4. The number of aromatic nitrogens is 1. The summed E-state index contributed by atoms with van der Waals surface area (Å²) in [6, 6.07) is 6.90. The smallest absolute Gasteiger partial charge is 0.255 e. The summed E-state index contributed by atoms with van der Waals surface area (Å²) < 4.78 is 5.30. The highest BCUT2D eigenvalue weighted by Crippen LogP contribution is 2.31. The lowest BCUT2D eigenvalue weighted by Gasteiger charge is -2.13. The zero-order valence-electron chi connectivity index (χ0n) is 15.6. The molecule has 1 heterocycles. The van der Waals surface area contributed by atoms with E-state index in [2.05, 4.69) is 20.5 Å². The molecule has 1 amide bonds. The van der Waals surface area contributed by atoms with Crippen molar-refractivity contribution in [2.75, 3.05) is 44.9 Å². The predicted octanol–water partition coefficient (Wildman–Crippen LogP) is 3.67. The highest BCUT2D eigenvalue weighted by Gasteiger charge is 2.12. The lowest BCUT2D eigenvalue weighted by atomic mass is 10.2. The summed E-state index contributed by atoms with van der Waals surface area (Å²) in [5.74, 6) is 0.962. The Labute approximate surface area is 159 Å². The summed E-state index contributed by atoms with van der Waals surface area (Å²) in [7, 11) is 5.62. The minimum absolute atomic E-state index is 0.233. The van der Waals surface area contributed by atoms with E-state index in [-0.39, 0.29) is 5.91 Å². The van der Waals surface area contributed by atoms with E-state index in [0.29, 0.717) is 27.8 Å². The number of pyridine rings is 1. The van der Waals surface area contributed by atoms with Crippen molar-refractivity contribution in [2.45, 2.75) is 13.3 Å². The second-order valence-corrected chi connectivity index (χ2v) is 6.68. The van der Waals surface area contributed by atoms with Crippen LogP contribution in [0.1, 0.15) is 22.3 Å². The van der Waals surface area contributed by atoms with E-state index in [9.17, 15) is 4.79 Å². The Balaban J connectivity index is 2.06. The van der Waals surface area contributed by atoms with Crippen molar-refractivity contribution < 1.29 is 9.53 Å². The average molecular weight is 377 g/mol.